The van der Waals surface area contributed by atoms with E-state index in [1.165, 1.54) is 6.92 Å². The van der Waals surface area contributed by atoms with Gasteiger partial charge >= 0.3 is 18.2 Å². The fraction of sp³-hybridized carbons (Fsp3) is 0.722. The van der Waals surface area contributed by atoms with Crippen molar-refractivity contribution < 1.29 is 29.0 Å². The van der Waals surface area contributed by atoms with Crippen LogP contribution in [0.1, 0.15) is 59.8 Å². The zero-order valence-electron chi connectivity index (χ0n) is 16.2. The first-order valence-electron chi connectivity index (χ1n) is 8.62. The first-order chi connectivity index (χ1) is 11.8. The average Bonchev–Trinajstić information content (AvgIpc) is 2.41. The summed E-state index contributed by atoms with van der Waals surface area (Å²) in [6, 6.07) is 0. The Morgan fingerprint density at radius 3 is 2.04 bits per heavy atom. The monoisotopic (exact) mass is 372 g/mol. The molecule has 8 heteroatoms. The molecule has 150 valence electrons. The number of carboxylic acid groups (broad SMARTS) is 1. The van der Waals surface area contributed by atoms with Crippen molar-refractivity contribution in [3.05, 3.63) is 12.2 Å². The van der Waals surface area contributed by atoms with Crippen molar-refractivity contribution in [1.29, 1.82) is 0 Å². The normalized spacial score (nSPS) is 16.2. The van der Waals surface area contributed by atoms with Crippen LogP contribution in [0.4, 0.5) is 9.59 Å². The van der Waals surface area contributed by atoms with E-state index < -0.39 is 23.8 Å². The number of rotatable bonds is 8. The van der Waals surface area contributed by atoms with E-state index in [1.54, 1.807) is 0 Å². The molecular weight excluding hydrogens is 340 g/mol. The molecular formula is C18H32N2O6. The summed E-state index contributed by atoms with van der Waals surface area (Å²) in [5.74, 6) is -0.603. The van der Waals surface area contributed by atoms with Crippen LogP contribution in [0.25, 0.3) is 0 Å². The molecule has 26 heavy (non-hydrogen) atoms. The molecule has 2 amide bonds. The van der Waals surface area contributed by atoms with Gasteiger partial charge in [0.2, 0.25) is 0 Å². The highest BCUT2D eigenvalue weighted by molar-refractivity contribution is 5.84. The summed E-state index contributed by atoms with van der Waals surface area (Å²) in [5, 5.41) is 7.89. The number of amides is 2. The Hall–Kier alpha value is -2.25. The van der Waals surface area contributed by atoms with Crippen LogP contribution in [0, 0.1) is 11.3 Å². The maximum absolute atomic E-state index is 11.1. The molecule has 0 aromatic carbocycles. The molecule has 1 aliphatic rings. The van der Waals surface area contributed by atoms with Gasteiger partial charge in [0.1, 0.15) is 5.60 Å². The molecule has 1 fully saturated rings. The summed E-state index contributed by atoms with van der Waals surface area (Å²) >= 11 is 0. The zero-order valence-corrected chi connectivity index (χ0v) is 16.2. The second kappa shape index (κ2) is 10.0. The average molecular weight is 372 g/mol. The van der Waals surface area contributed by atoms with Crippen molar-refractivity contribution in [2.45, 2.75) is 65.4 Å². The lowest BCUT2D eigenvalue weighted by Gasteiger charge is -2.52. The number of aliphatic carboxylic acids is 1. The minimum absolute atomic E-state index is 0.160. The topological polar surface area (TPSA) is 142 Å². The number of ether oxygens (including phenoxy) is 2. The largest absolute Gasteiger partial charge is 0.478 e. The molecule has 0 aromatic heterocycles. The molecule has 1 saturated carbocycles. The Bertz CT molecular complexity index is 514. The first kappa shape index (κ1) is 23.8. The van der Waals surface area contributed by atoms with E-state index in [2.05, 4.69) is 27.4 Å². The van der Waals surface area contributed by atoms with Gasteiger partial charge in [0.25, 0.3) is 0 Å². The van der Waals surface area contributed by atoms with E-state index in [0.717, 1.165) is 32.1 Å². The number of nitrogens with two attached hydrogens (primary N) is 2. The zero-order chi connectivity index (χ0) is 20.5. The highest BCUT2D eigenvalue weighted by atomic mass is 16.6. The summed E-state index contributed by atoms with van der Waals surface area (Å²) in [7, 11) is 0. The second-order valence-electron chi connectivity index (χ2n) is 7.50. The Morgan fingerprint density at radius 1 is 1.23 bits per heavy atom. The summed E-state index contributed by atoms with van der Waals surface area (Å²) < 4.78 is 10.2. The van der Waals surface area contributed by atoms with Crippen LogP contribution in [0.2, 0.25) is 0 Å². The lowest BCUT2D eigenvalue weighted by Crippen LogP contribution is -2.54. The maximum Gasteiger partial charge on any atom is 0.405 e. The molecule has 1 atom stereocenters. The molecule has 1 unspecified atom stereocenters. The molecule has 0 radical (unpaired) electrons. The van der Waals surface area contributed by atoms with E-state index in [1.807, 2.05) is 0 Å². The molecule has 1 rings (SSSR count). The van der Waals surface area contributed by atoms with E-state index in [0.29, 0.717) is 12.5 Å². The van der Waals surface area contributed by atoms with Gasteiger partial charge in [0.05, 0.1) is 6.61 Å². The Morgan fingerprint density at radius 2 is 1.73 bits per heavy atom. The highest BCUT2D eigenvalue weighted by Crippen LogP contribution is 2.52. The minimum atomic E-state index is -0.935. The summed E-state index contributed by atoms with van der Waals surface area (Å²) in [6.45, 7) is 11.2. The molecule has 0 spiro atoms. The predicted octanol–water partition coefficient (Wildman–Crippen LogP) is 3.19. The number of carbonyl (C=O) groups excluding carboxylic acids is 2. The standard InChI is InChI=1S/C14H26N2O4.C4H6O2/c1-10(5-8-19-11(15)17)9-13(2,3)14(6-4-7-14)20-12(16)18;1-3(2)4(5)6/h10H,4-9H2,1-3H3,(H2,15,17)(H2,16,18);1H2,2H3,(H,5,6). The summed E-state index contributed by atoms with van der Waals surface area (Å²) in [5.41, 5.74) is 9.69. The Labute approximate surface area is 154 Å². The van der Waals surface area contributed by atoms with Crippen LogP contribution in [0.15, 0.2) is 12.2 Å². The maximum atomic E-state index is 11.1. The van der Waals surface area contributed by atoms with Crippen LogP contribution in [-0.2, 0) is 14.3 Å². The van der Waals surface area contributed by atoms with Gasteiger partial charge in [0.15, 0.2) is 0 Å². The van der Waals surface area contributed by atoms with Crippen molar-refractivity contribution in [2.75, 3.05) is 6.61 Å². The minimum Gasteiger partial charge on any atom is -0.478 e. The third kappa shape index (κ3) is 7.76. The molecule has 0 aliphatic heterocycles. The van der Waals surface area contributed by atoms with E-state index in [9.17, 15) is 14.4 Å². The van der Waals surface area contributed by atoms with Gasteiger partial charge in [-0.25, -0.2) is 14.4 Å². The van der Waals surface area contributed by atoms with Gasteiger partial charge in [-0.2, -0.15) is 0 Å². The molecule has 8 nitrogen and oxygen atoms in total. The molecule has 0 aromatic rings. The van der Waals surface area contributed by atoms with Gasteiger partial charge in [-0.15, -0.1) is 0 Å². The number of hydrogen-bond acceptors (Lipinski definition) is 5. The second-order valence-corrected chi connectivity index (χ2v) is 7.50. The van der Waals surface area contributed by atoms with Crippen molar-refractivity contribution in [3.63, 3.8) is 0 Å². The van der Waals surface area contributed by atoms with Crippen LogP contribution in [0.5, 0.6) is 0 Å². The number of hydrogen-bond donors (Lipinski definition) is 3. The van der Waals surface area contributed by atoms with Crippen LogP contribution >= 0.6 is 0 Å². The highest BCUT2D eigenvalue weighted by Gasteiger charge is 2.52. The van der Waals surface area contributed by atoms with Crippen LogP contribution in [-0.4, -0.2) is 35.5 Å². The lowest BCUT2D eigenvalue weighted by molar-refractivity contribution is -0.134. The van der Waals surface area contributed by atoms with Crippen molar-refractivity contribution in [2.24, 2.45) is 22.8 Å². The van der Waals surface area contributed by atoms with Crippen molar-refractivity contribution in [3.8, 4) is 0 Å². The summed E-state index contributed by atoms with van der Waals surface area (Å²) in [4.78, 5) is 31.2. The van der Waals surface area contributed by atoms with Gasteiger partial charge in [-0.3, -0.25) is 0 Å². The fourth-order valence-electron chi connectivity index (χ4n) is 3.13. The van der Waals surface area contributed by atoms with Gasteiger partial charge in [-0.1, -0.05) is 27.4 Å². The predicted molar refractivity (Wildman–Crippen MR) is 97.4 cm³/mol. The van der Waals surface area contributed by atoms with Gasteiger partial charge < -0.3 is 26.0 Å². The van der Waals surface area contributed by atoms with Gasteiger partial charge in [0, 0.05) is 11.0 Å². The molecule has 0 bridgehead atoms. The molecule has 0 saturated heterocycles. The first-order valence-corrected chi connectivity index (χ1v) is 8.62. The van der Waals surface area contributed by atoms with Gasteiger partial charge in [-0.05, 0) is 44.9 Å². The lowest BCUT2D eigenvalue weighted by atomic mass is 9.60. The van der Waals surface area contributed by atoms with Crippen molar-refractivity contribution >= 4 is 18.2 Å². The fourth-order valence-corrected chi connectivity index (χ4v) is 3.13. The summed E-state index contributed by atoms with van der Waals surface area (Å²) in [6.07, 6.45) is 2.91. The Balaban J connectivity index is 0.000000896. The molecule has 1 aliphatic carbocycles. The molecule has 0 heterocycles. The van der Waals surface area contributed by atoms with E-state index in [4.69, 9.17) is 26.0 Å². The molecule has 5 N–H and O–H groups in total. The number of primary amides is 2. The van der Waals surface area contributed by atoms with Crippen LogP contribution in [0.3, 0.4) is 0 Å². The third-order valence-electron chi connectivity index (χ3n) is 4.77. The van der Waals surface area contributed by atoms with Crippen LogP contribution < -0.4 is 11.5 Å². The number of carbonyl (C=O) groups is 3. The van der Waals surface area contributed by atoms with E-state index in [-0.39, 0.29) is 11.0 Å². The van der Waals surface area contributed by atoms with Crippen molar-refractivity contribution in [1.82, 2.24) is 0 Å². The number of carboxylic acids is 1. The quantitative estimate of drug-likeness (QED) is 0.558. The smallest absolute Gasteiger partial charge is 0.405 e. The third-order valence-corrected chi connectivity index (χ3v) is 4.77. The Kier molecular flexibility index (Phi) is 9.17. The SMILES string of the molecule is C=C(C)C(=O)O.CC(CCOC(N)=O)CC(C)(C)C1(OC(N)=O)CCC1. The van der Waals surface area contributed by atoms with E-state index >= 15 is 0 Å².